The highest BCUT2D eigenvalue weighted by molar-refractivity contribution is 5.96. The van der Waals surface area contributed by atoms with Gasteiger partial charge in [-0.1, -0.05) is 13.8 Å². The zero-order valence-electron chi connectivity index (χ0n) is 19.8. The van der Waals surface area contributed by atoms with E-state index in [-0.39, 0.29) is 30.9 Å². The number of carbonyl (C=O) groups is 1. The zero-order valence-corrected chi connectivity index (χ0v) is 19.8. The number of aliphatic hydroxyl groups excluding tert-OH is 1. The summed E-state index contributed by atoms with van der Waals surface area (Å²) in [5.41, 5.74) is 5.80. The van der Waals surface area contributed by atoms with Gasteiger partial charge >= 0.3 is 0 Å². The van der Waals surface area contributed by atoms with Gasteiger partial charge in [-0.3, -0.25) is 9.89 Å². The Morgan fingerprint density at radius 2 is 2.21 bits per heavy atom. The minimum absolute atomic E-state index is 0.00622. The minimum atomic E-state index is -0.149. The van der Waals surface area contributed by atoms with Crippen LogP contribution in [0.4, 0.5) is 5.69 Å². The molecule has 9 nitrogen and oxygen atoms in total. The number of pyridine rings is 1. The molecule has 2 fully saturated rings. The highest BCUT2D eigenvalue weighted by atomic mass is 16.5. The van der Waals surface area contributed by atoms with Gasteiger partial charge in [0.15, 0.2) is 11.5 Å². The average Bonchev–Trinajstić information content (AvgIpc) is 3.15. The number of ether oxygens (including phenoxy) is 1. The number of anilines is 1. The molecular weight excluding hydrogens is 432 g/mol. The lowest BCUT2D eigenvalue weighted by Gasteiger charge is -2.31. The van der Waals surface area contributed by atoms with Gasteiger partial charge in [0.1, 0.15) is 11.2 Å². The molecule has 180 valence electrons. The Kier molecular flexibility index (Phi) is 5.22. The first-order valence-electron chi connectivity index (χ1n) is 12.4. The normalized spacial score (nSPS) is 25.1. The SMILES string of the molecule is C[C@@H](C(=O)N(CCO)c1cnc2[nH]c(-c3n[nH]c4c3C[C@@H]3C[C@]3(C)C4)nc2c1)C1CCOCC1. The summed E-state index contributed by atoms with van der Waals surface area (Å²) in [4.78, 5) is 27.7. The van der Waals surface area contributed by atoms with E-state index >= 15 is 0 Å². The van der Waals surface area contributed by atoms with E-state index in [9.17, 15) is 9.90 Å². The van der Waals surface area contributed by atoms with Gasteiger partial charge < -0.3 is 19.7 Å². The summed E-state index contributed by atoms with van der Waals surface area (Å²) >= 11 is 0. The van der Waals surface area contributed by atoms with Gasteiger partial charge in [-0.25, -0.2) is 9.97 Å². The second kappa shape index (κ2) is 8.16. The Morgan fingerprint density at radius 3 is 3.00 bits per heavy atom. The minimum Gasteiger partial charge on any atom is -0.395 e. The van der Waals surface area contributed by atoms with Crippen LogP contribution >= 0.6 is 0 Å². The monoisotopic (exact) mass is 464 g/mol. The van der Waals surface area contributed by atoms with Crippen LogP contribution in [-0.4, -0.2) is 62.5 Å². The summed E-state index contributed by atoms with van der Waals surface area (Å²) < 4.78 is 5.46. The average molecular weight is 465 g/mol. The van der Waals surface area contributed by atoms with Crippen molar-refractivity contribution in [3.05, 3.63) is 23.5 Å². The molecule has 0 unspecified atom stereocenters. The molecule has 1 aliphatic heterocycles. The van der Waals surface area contributed by atoms with E-state index in [1.54, 1.807) is 11.1 Å². The van der Waals surface area contributed by atoms with E-state index in [1.807, 2.05) is 13.0 Å². The summed E-state index contributed by atoms with van der Waals surface area (Å²) in [6, 6.07) is 1.88. The molecule has 3 atom stereocenters. The molecule has 3 aromatic rings. The highest BCUT2D eigenvalue weighted by Gasteiger charge is 2.53. The lowest BCUT2D eigenvalue weighted by Crippen LogP contribution is -2.41. The summed E-state index contributed by atoms with van der Waals surface area (Å²) in [6.07, 6.45) is 6.81. The third-order valence-electron chi connectivity index (χ3n) is 8.33. The van der Waals surface area contributed by atoms with Gasteiger partial charge in [-0.05, 0) is 55.4 Å². The Morgan fingerprint density at radius 1 is 1.38 bits per heavy atom. The Bertz CT molecular complexity index is 1230. The van der Waals surface area contributed by atoms with E-state index in [0.29, 0.717) is 41.3 Å². The van der Waals surface area contributed by atoms with Crippen molar-refractivity contribution in [2.75, 3.05) is 31.3 Å². The molecule has 0 bridgehead atoms. The van der Waals surface area contributed by atoms with Crippen molar-refractivity contribution in [1.29, 1.82) is 0 Å². The molecule has 6 rings (SSSR count). The smallest absolute Gasteiger partial charge is 0.230 e. The van der Waals surface area contributed by atoms with Gasteiger partial charge in [0, 0.05) is 36.9 Å². The fourth-order valence-corrected chi connectivity index (χ4v) is 5.93. The first kappa shape index (κ1) is 21.7. The van der Waals surface area contributed by atoms with Crippen molar-refractivity contribution in [2.45, 2.75) is 46.0 Å². The van der Waals surface area contributed by atoms with Crippen LogP contribution in [0.25, 0.3) is 22.7 Å². The maximum absolute atomic E-state index is 13.4. The van der Waals surface area contributed by atoms with Crippen LogP contribution < -0.4 is 4.90 Å². The fraction of sp³-hybridized carbons (Fsp3) is 0.600. The van der Waals surface area contributed by atoms with Gasteiger partial charge in [0.25, 0.3) is 0 Å². The van der Waals surface area contributed by atoms with E-state index in [2.05, 4.69) is 27.1 Å². The molecule has 3 N–H and O–H groups in total. The van der Waals surface area contributed by atoms with E-state index in [0.717, 1.165) is 37.3 Å². The van der Waals surface area contributed by atoms with Crippen LogP contribution in [0.5, 0.6) is 0 Å². The summed E-state index contributed by atoms with van der Waals surface area (Å²) in [6.45, 7) is 5.84. The molecule has 0 spiro atoms. The number of carbonyl (C=O) groups excluding carboxylic acids is 1. The second-order valence-corrected chi connectivity index (χ2v) is 10.6. The molecule has 2 aliphatic carbocycles. The molecule has 4 heterocycles. The number of nitrogens with one attached hydrogen (secondary N) is 2. The first-order chi connectivity index (χ1) is 16.5. The topological polar surface area (TPSA) is 120 Å². The van der Waals surface area contributed by atoms with Crippen molar-refractivity contribution < 1.29 is 14.6 Å². The molecule has 1 saturated heterocycles. The van der Waals surface area contributed by atoms with Crippen LogP contribution in [0.1, 0.15) is 44.4 Å². The number of rotatable bonds is 6. The van der Waals surface area contributed by atoms with Crippen molar-refractivity contribution >= 4 is 22.8 Å². The van der Waals surface area contributed by atoms with Crippen molar-refractivity contribution in [3.63, 3.8) is 0 Å². The van der Waals surface area contributed by atoms with Crippen LogP contribution in [0, 0.1) is 23.2 Å². The molecule has 3 aliphatic rings. The lowest BCUT2D eigenvalue weighted by molar-refractivity contribution is -0.124. The number of amides is 1. The van der Waals surface area contributed by atoms with Gasteiger partial charge in [-0.15, -0.1) is 0 Å². The third-order valence-corrected chi connectivity index (χ3v) is 8.33. The predicted octanol–water partition coefficient (Wildman–Crippen LogP) is 2.86. The number of hydrogen-bond acceptors (Lipinski definition) is 6. The Hall–Kier alpha value is -2.78. The van der Waals surface area contributed by atoms with Crippen LogP contribution in [-0.2, 0) is 22.4 Å². The molecule has 9 heteroatoms. The highest BCUT2D eigenvalue weighted by Crippen LogP contribution is 2.59. The van der Waals surface area contributed by atoms with E-state index in [4.69, 9.17) is 9.72 Å². The van der Waals surface area contributed by atoms with Crippen molar-refractivity contribution in [3.8, 4) is 11.5 Å². The maximum atomic E-state index is 13.4. The molecule has 1 amide bonds. The number of hydrogen-bond donors (Lipinski definition) is 3. The summed E-state index contributed by atoms with van der Waals surface area (Å²) in [5.74, 6) is 1.59. The molecule has 0 aromatic carbocycles. The Labute approximate surface area is 198 Å². The zero-order chi connectivity index (χ0) is 23.4. The lowest BCUT2D eigenvalue weighted by atomic mass is 9.86. The standard InChI is InChI=1S/C25H32N6O3/c1-14(15-3-7-34-8-4-15)24(33)31(5-6-32)17-10-19-22(26-13-17)28-23(27-19)21-18-9-16-11-25(16,2)12-20(18)29-30-21/h10,13-16,32H,3-9,11-12H2,1-2H3,(H,29,30)(H,26,27,28)/t14-,16-,25-/m1/s1. The number of aromatic nitrogens is 5. The van der Waals surface area contributed by atoms with Crippen LogP contribution in [0.2, 0.25) is 0 Å². The van der Waals surface area contributed by atoms with Gasteiger partial charge in [0.05, 0.1) is 18.5 Å². The number of fused-ring (bicyclic) bond motifs is 3. The third kappa shape index (κ3) is 3.62. The first-order valence-corrected chi connectivity index (χ1v) is 12.4. The molecule has 1 saturated carbocycles. The molecule has 3 aromatic heterocycles. The van der Waals surface area contributed by atoms with Crippen LogP contribution in [0.15, 0.2) is 12.3 Å². The van der Waals surface area contributed by atoms with Gasteiger partial charge in [-0.2, -0.15) is 5.10 Å². The summed E-state index contributed by atoms with van der Waals surface area (Å²) in [7, 11) is 0. The Balaban J connectivity index is 1.28. The van der Waals surface area contributed by atoms with Gasteiger partial charge in [0.2, 0.25) is 5.91 Å². The van der Waals surface area contributed by atoms with Crippen molar-refractivity contribution in [1.82, 2.24) is 25.1 Å². The van der Waals surface area contributed by atoms with E-state index < -0.39 is 0 Å². The molecule has 0 radical (unpaired) electrons. The summed E-state index contributed by atoms with van der Waals surface area (Å²) in [5, 5.41) is 17.5. The molecule has 34 heavy (non-hydrogen) atoms. The number of aliphatic hydroxyl groups is 1. The van der Waals surface area contributed by atoms with E-state index in [1.165, 1.54) is 17.7 Å². The number of aromatic amines is 2. The van der Waals surface area contributed by atoms with Crippen molar-refractivity contribution in [2.24, 2.45) is 23.2 Å². The predicted molar refractivity (Wildman–Crippen MR) is 127 cm³/mol. The fourth-order valence-electron chi connectivity index (χ4n) is 5.93. The number of imidazole rings is 1. The van der Waals surface area contributed by atoms with Crippen LogP contribution in [0.3, 0.4) is 0 Å². The number of nitrogens with zero attached hydrogens (tertiary/aromatic N) is 4. The second-order valence-electron chi connectivity index (χ2n) is 10.6. The largest absolute Gasteiger partial charge is 0.395 e. The molecular formula is C25H32N6O3. The number of H-pyrrole nitrogens is 2. The quantitative estimate of drug-likeness (QED) is 0.516. The maximum Gasteiger partial charge on any atom is 0.230 e.